The van der Waals surface area contributed by atoms with Gasteiger partial charge in [-0.05, 0) is 12.1 Å². The molecule has 31 heavy (non-hydrogen) atoms. The van der Waals surface area contributed by atoms with Gasteiger partial charge < -0.3 is 26.0 Å². The first-order chi connectivity index (χ1) is 14.9. The maximum Gasteiger partial charge on any atom is 0.149 e. The fraction of sp³-hybridized carbons (Fsp3) is 0.150. The molecule has 158 valence electrons. The van der Waals surface area contributed by atoms with Crippen molar-refractivity contribution in [3.63, 3.8) is 0 Å². The molecule has 2 heterocycles. The molecule has 0 saturated carbocycles. The lowest BCUT2D eigenvalue weighted by Crippen LogP contribution is -2.22. The summed E-state index contributed by atoms with van der Waals surface area (Å²) < 4.78 is 14.4. The maximum atomic E-state index is 14.4. The third-order valence-corrected chi connectivity index (χ3v) is 4.55. The molecule has 9 nitrogen and oxygen atoms in total. The quantitative estimate of drug-likeness (QED) is 0.391. The van der Waals surface area contributed by atoms with Crippen LogP contribution < -0.4 is 15.5 Å². The Kier molecular flexibility index (Phi) is 6.92. The van der Waals surface area contributed by atoms with E-state index in [0.29, 0.717) is 35.2 Å². The van der Waals surface area contributed by atoms with E-state index in [-0.39, 0.29) is 22.9 Å². The summed E-state index contributed by atoms with van der Waals surface area (Å²) in [5, 5.41) is 31.5. The largest absolute Gasteiger partial charge is 0.395 e. The number of nitriles is 1. The van der Waals surface area contributed by atoms with Gasteiger partial charge in [0.05, 0.1) is 34.6 Å². The molecular formula is C20H18ClFN8O. The Balaban J connectivity index is 1.89. The SMILES string of the molecule is CN(CCO)c1cc(Nc2cc(Nc3c(F)cc(C#N)cc3Cl)c(C=N)cn2)ncn1. The molecule has 4 N–H and O–H groups in total. The Labute approximate surface area is 182 Å². The lowest BCUT2D eigenvalue weighted by atomic mass is 10.2. The summed E-state index contributed by atoms with van der Waals surface area (Å²) in [6.07, 6.45) is 3.89. The molecule has 0 amide bonds. The molecule has 0 unspecified atom stereocenters. The van der Waals surface area contributed by atoms with Gasteiger partial charge >= 0.3 is 0 Å². The lowest BCUT2D eigenvalue weighted by Gasteiger charge is -2.17. The van der Waals surface area contributed by atoms with Crippen LogP contribution in [0.4, 0.5) is 33.2 Å². The highest BCUT2D eigenvalue weighted by Gasteiger charge is 2.13. The number of aliphatic hydroxyl groups excluding tert-OH is 1. The summed E-state index contributed by atoms with van der Waals surface area (Å²) in [5.74, 6) is 0.747. The van der Waals surface area contributed by atoms with Crippen LogP contribution in [0.2, 0.25) is 5.02 Å². The zero-order valence-electron chi connectivity index (χ0n) is 16.4. The Morgan fingerprint density at radius 2 is 2.00 bits per heavy atom. The van der Waals surface area contributed by atoms with Gasteiger partial charge in [-0.1, -0.05) is 11.6 Å². The van der Waals surface area contributed by atoms with Crippen LogP contribution in [-0.2, 0) is 0 Å². The standard InChI is InChI=1S/C20H18ClFN8O/c1-30(2-3-31)19-7-18(26-11-27-19)29-17-6-16(13(9-24)10-25-17)28-20-14(21)4-12(8-23)5-15(20)22/h4-7,9-11,24,31H,2-3H2,1H3,(H2,25,26,27,28,29). The fourth-order valence-corrected chi connectivity index (χ4v) is 2.92. The summed E-state index contributed by atoms with van der Waals surface area (Å²) in [6.45, 7) is 0.396. The van der Waals surface area contributed by atoms with Crippen molar-refractivity contribution in [2.24, 2.45) is 0 Å². The molecule has 0 saturated heterocycles. The highest BCUT2D eigenvalue weighted by Crippen LogP contribution is 2.31. The van der Waals surface area contributed by atoms with Crippen molar-refractivity contribution in [3.8, 4) is 6.07 Å². The zero-order valence-corrected chi connectivity index (χ0v) is 17.2. The number of anilines is 5. The highest BCUT2D eigenvalue weighted by atomic mass is 35.5. The van der Waals surface area contributed by atoms with E-state index in [1.807, 2.05) is 6.07 Å². The average molecular weight is 441 g/mol. The smallest absolute Gasteiger partial charge is 0.149 e. The molecule has 0 radical (unpaired) electrons. The van der Waals surface area contributed by atoms with Crippen LogP contribution in [0.5, 0.6) is 0 Å². The van der Waals surface area contributed by atoms with Crippen molar-refractivity contribution in [3.05, 3.63) is 58.8 Å². The Morgan fingerprint density at radius 3 is 2.68 bits per heavy atom. The molecule has 1 aromatic carbocycles. The molecule has 0 aliphatic carbocycles. The number of benzene rings is 1. The number of aromatic nitrogens is 3. The average Bonchev–Trinajstić information content (AvgIpc) is 2.76. The van der Waals surface area contributed by atoms with E-state index in [4.69, 9.17) is 27.4 Å². The molecule has 0 bridgehead atoms. The van der Waals surface area contributed by atoms with Crippen LogP contribution in [0.15, 0.2) is 36.8 Å². The molecule has 0 aliphatic rings. The van der Waals surface area contributed by atoms with E-state index in [1.54, 1.807) is 24.1 Å². The Morgan fingerprint density at radius 1 is 1.23 bits per heavy atom. The summed E-state index contributed by atoms with van der Waals surface area (Å²) in [6, 6.07) is 7.53. The van der Waals surface area contributed by atoms with E-state index in [1.165, 1.54) is 18.6 Å². The zero-order chi connectivity index (χ0) is 22.4. The number of halogens is 2. The predicted molar refractivity (Wildman–Crippen MR) is 117 cm³/mol. The monoisotopic (exact) mass is 440 g/mol. The van der Waals surface area contributed by atoms with Crippen LogP contribution >= 0.6 is 11.6 Å². The van der Waals surface area contributed by atoms with E-state index in [9.17, 15) is 4.39 Å². The number of hydrogen-bond donors (Lipinski definition) is 4. The second-order valence-electron chi connectivity index (χ2n) is 6.38. The normalized spacial score (nSPS) is 10.3. The predicted octanol–water partition coefficient (Wildman–Crippen LogP) is 3.45. The first-order valence-corrected chi connectivity index (χ1v) is 9.40. The van der Waals surface area contributed by atoms with Gasteiger partial charge in [-0.25, -0.2) is 19.3 Å². The van der Waals surface area contributed by atoms with Gasteiger partial charge in [-0.15, -0.1) is 0 Å². The van der Waals surface area contributed by atoms with Crippen molar-refractivity contribution in [1.82, 2.24) is 15.0 Å². The molecule has 11 heteroatoms. The number of hydrogen-bond acceptors (Lipinski definition) is 9. The number of nitrogens with zero attached hydrogens (tertiary/aromatic N) is 5. The number of pyridine rings is 1. The van der Waals surface area contributed by atoms with Crippen LogP contribution in [-0.4, -0.2) is 46.5 Å². The second kappa shape index (κ2) is 9.80. The van der Waals surface area contributed by atoms with Crippen molar-refractivity contribution < 1.29 is 9.50 Å². The summed E-state index contributed by atoms with van der Waals surface area (Å²) in [7, 11) is 1.79. The van der Waals surface area contributed by atoms with Crippen molar-refractivity contribution in [2.75, 3.05) is 35.7 Å². The summed E-state index contributed by atoms with van der Waals surface area (Å²) in [4.78, 5) is 14.3. The highest BCUT2D eigenvalue weighted by molar-refractivity contribution is 6.33. The summed E-state index contributed by atoms with van der Waals surface area (Å²) in [5.41, 5.74) is 0.861. The lowest BCUT2D eigenvalue weighted by molar-refractivity contribution is 0.304. The van der Waals surface area contributed by atoms with Crippen molar-refractivity contribution >= 4 is 46.6 Å². The minimum atomic E-state index is -0.696. The molecule has 0 atom stereocenters. The number of rotatable bonds is 8. The molecule has 0 spiro atoms. The Bertz CT molecular complexity index is 1130. The van der Waals surface area contributed by atoms with Gasteiger partial charge in [0.2, 0.25) is 0 Å². The van der Waals surface area contributed by atoms with Gasteiger partial charge in [0.15, 0.2) is 0 Å². The third kappa shape index (κ3) is 5.22. The molecule has 0 fully saturated rings. The van der Waals surface area contributed by atoms with Gasteiger partial charge in [0.25, 0.3) is 0 Å². The van der Waals surface area contributed by atoms with Crippen LogP contribution in [0, 0.1) is 22.6 Å². The van der Waals surface area contributed by atoms with E-state index >= 15 is 0 Å². The minimum absolute atomic E-state index is 0.0145. The van der Waals surface area contributed by atoms with Crippen LogP contribution in [0.1, 0.15) is 11.1 Å². The maximum absolute atomic E-state index is 14.4. The van der Waals surface area contributed by atoms with Crippen molar-refractivity contribution in [2.45, 2.75) is 0 Å². The number of likely N-dealkylation sites (N-methyl/N-ethyl adjacent to an activating group) is 1. The van der Waals surface area contributed by atoms with Crippen molar-refractivity contribution in [1.29, 1.82) is 10.7 Å². The fourth-order valence-electron chi connectivity index (χ4n) is 2.67. The summed E-state index contributed by atoms with van der Waals surface area (Å²) >= 11 is 6.12. The number of nitrogens with one attached hydrogen (secondary N) is 3. The van der Waals surface area contributed by atoms with Gasteiger partial charge in [0.1, 0.15) is 29.6 Å². The molecular weight excluding hydrogens is 423 g/mol. The number of aliphatic hydroxyl groups is 1. The van der Waals surface area contributed by atoms with Gasteiger partial charge in [-0.2, -0.15) is 5.26 Å². The minimum Gasteiger partial charge on any atom is -0.395 e. The van der Waals surface area contributed by atoms with E-state index in [0.717, 1.165) is 12.3 Å². The van der Waals surface area contributed by atoms with E-state index in [2.05, 4.69) is 25.6 Å². The third-order valence-electron chi connectivity index (χ3n) is 4.26. The van der Waals surface area contributed by atoms with E-state index < -0.39 is 5.82 Å². The van der Waals surface area contributed by atoms with Gasteiger partial charge in [0, 0.05) is 43.7 Å². The van der Waals surface area contributed by atoms with Crippen LogP contribution in [0.3, 0.4) is 0 Å². The first-order valence-electron chi connectivity index (χ1n) is 9.03. The first kappa shape index (κ1) is 21.9. The molecule has 3 aromatic rings. The molecule has 3 rings (SSSR count). The topological polar surface area (TPSA) is 134 Å². The van der Waals surface area contributed by atoms with Gasteiger partial charge in [-0.3, -0.25) is 0 Å². The molecule has 2 aromatic heterocycles. The molecule has 0 aliphatic heterocycles. The Hall–Kier alpha value is -3.81. The van der Waals surface area contributed by atoms with Crippen LogP contribution in [0.25, 0.3) is 0 Å². The second-order valence-corrected chi connectivity index (χ2v) is 6.79.